The van der Waals surface area contributed by atoms with Crippen LogP contribution in [0.3, 0.4) is 0 Å². The van der Waals surface area contributed by atoms with Gasteiger partial charge in [0.25, 0.3) is 0 Å². The monoisotopic (exact) mass is 435 g/mol. The minimum absolute atomic E-state index is 0. The van der Waals surface area contributed by atoms with E-state index in [0.717, 1.165) is 4.48 Å². The molecule has 1 N–H and O–H groups in total. The van der Waals surface area contributed by atoms with Gasteiger partial charge in [0.15, 0.2) is 0 Å². The largest absolute Gasteiger partial charge is 1.00 e. The van der Waals surface area contributed by atoms with Gasteiger partial charge in [0, 0.05) is 6.42 Å². The van der Waals surface area contributed by atoms with Crippen LogP contribution in [-0.4, -0.2) is 43.4 Å². The highest BCUT2D eigenvalue weighted by molar-refractivity contribution is 4.57. The van der Waals surface area contributed by atoms with E-state index in [1.54, 1.807) is 0 Å². The van der Waals surface area contributed by atoms with Crippen molar-refractivity contribution in [3.8, 4) is 0 Å². The van der Waals surface area contributed by atoms with Gasteiger partial charge >= 0.3 is 0 Å². The van der Waals surface area contributed by atoms with Crippen molar-refractivity contribution in [2.24, 2.45) is 0 Å². The van der Waals surface area contributed by atoms with Crippen molar-refractivity contribution in [3.05, 3.63) is 0 Å². The average Bonchev–Trinajstić information content (AvgIpc) is 2.56. The molecule has 0 aromatic carbocycles. The van der Waals surface area contributed by atoms with Gasteiger partial charge in [0.05, 0.1) is 27.7 Å². The number of aliphatic hydroxyl groups excluding tert-OH is 1. The van der Waals surface area contributed by atoms with Gasteiger partial charge in [-0.3, -0.25) is 0 Å². The van der Waals surface area contributed by atoms with Crippen LogP contribution in [0, 0.1) is 0 Å². The Kier molecular flexibility index (Phi) is 22.2. The van der Waals surface area contributed by atoms with Gasteiger partial charge in [0.2, 0.25) is 0 Å². The fourth-order valence-electron chi connectivity index (χ4n) is 3.65. The highest BCUT2D eigenvalue weighted by Gasteiger charge is 2.21. The van der Waals surface area contributed by atoms with Gasteiger partial charge in [-0.25, -0.2) is 0 Å². The zero-order valence-corrected chi connectivity index (χ0v) is 20.2. The SMILES string of the molecule is CCCCCCCCCCCCCCCCCCC(CO)[N+](C)(C)C.[Br-]. The van der Waals surface area contributed by atoms with Crippen LogP contribution in [0.1, 0.15) is 116 Å². The number of aliphatic hydroxyl groups is 1. The van der Waals surface area contributed by atoms with Crippen LogP contribution in [0.15, 0.2) is 0 Å². The van der Waals surface area contributed by atoms with E-state index in [4.69, 9.17) is 0 Å². The molecule has 0 radical (unpaired) electrons. The van der Waals surface area contributed by atoms with Crippen LogP contribution in [0.2, 0.25) is 0 Å². The standard InChI is InChI=1S/C23H50NO.BrH/c1-5-6-7-8-9-10-11-12-13-14-15-16-17-18-19-20-21-23(22-25)24(2,3)4;/h23,25H,5-22H2,1-4H3;1H/q+1;/p-1. The second-order valence-electron chi connectivity index (χ2n) is 9.04. The molecular formula is C23H50BrNO. The quantitative estimate of drug-likeness (QED) is 0.242. The van der Waals surface area contributed by atoms with E-state index in [-0.39, 0.29) is 17.0 Å². The molecule has 3 heteroatoms. The van der Waals surface area contributed by atoms with Crippen LogP contribution in [-0.2, 0) is 0 Å². The van der Waals surface area contributed by atoms with Crippen molar-refractivity contribution >= 4 is 0 Å². The van der Waals surface area contributed by atoms with E-state index in [0.29, 0.717) is 12.6 Å². The number of rotatable bonds is 19. The number of hydrogen-bond donors (Lipinski definition) is 1. The lowest BCUT2D eigenvalue weighted by Gasteiger charge is -2.33. The molecule has 1 atom stereocenters. The maximum atomic E-state index is 9.47. The molecule has 26 heavy (non-hydrogen) atoms. The van der Waals surface area contributed by atoms with Gasteiger partial charge in [-0.1, -0.05) is 103 Å². The molecule has 0 spiro atoms. The number of halogens is 1. The molecule has 0 fully saturated rings. The number of nitrogens with zero attached hydrogens (tertiary/aromatic N) is 1. The minimum atomic E-state index is 0. The number of hydrogen-bond acceptors (Lipinski definition) is 1. The predicted molar refractivity (Wildman–Crippen MR) is 113 cm³/mol. The van der Waals surface area contributed by atoms with Crippen LogP contribution in [0.4, 0.5) is 0 Å². The third kappa shape index (κ3) is 19.2. The van der Waals surface area contributed by atoms with Gasteiger partial charge in [-0.05, 0) is 6.42 Å². The Balaban J connectivity index is 0. The maximum Gasteiger partial charge on any atom is 0.112 e. The molecule has 0 aliphatic heterocycles. The molecule has 0 aromatic rings. The Bertz CT molecular complexity index is 265. The van der Waals surface area contributed by atoms with E-state index in [9.17, 15) is 5.11 Å². The van der Waals surface area contributed by atoms with E-state index < -0.39 is 0 Å². The van der Waals surface area contributed by atoms with Crippen LogP contribution in [0.25, 0.3) is 0 Å². The molecule has 0 bridgehead atoms. The van der Waals surface area contributed by atoms with Crippen molar-refractivity contribution in [1.29, 1.82) is 0 Å². The second-order valence-corrected chi connectivity index (χ2v) is 9.04. The Morgan fingerprint density at radius 1 is 0.577 bits per heavy atom. The zero-order valence-electron chi connectivity index (χ0n) is 18.6. The highest BCUT2D eigenvalue weighted by atomic mass is 79.9. The van der Waals surface area contributed by atoms with Gasteiger partial charge < -0.3 is 26.6 Å². The van der Waals surface area contributed by atoms with E-state index in [1.807, 2.05) is 0 Å². The lowest BCUT2D eigenvalue weighted by molar-refractivity contribution is -0.897. The average molecular weight is 437 g/mol. The smallest absolute Gasteiger partial charge is 0.112 e. The van der Waals surface area contributed by atoms with Crippen molar-refractivity contribution in [2.45, 2.75) is 122 Å². The fraction of sp³-hybridized carbons (Fsp3) is 1.00. The maximum absolute atomic E-state index is 9.47. The number of likely N-dealkylation sites (N-methyl/N-ethyl adjacent to an activating group) is 1. The molecule has 0 amide bonds. The highest BCUT2D eigenvalue weighted by Crippen LogP contribution is 2.16. The topological polar surface area (TPSA) is 20.2 Å². The van der Waals surface area contributed by atoms with Crippen LogP contribution < -0.4 is 17.0 Å². The molecule has 1 unspecified atom stereocenters. The Hall–Kier alpha value is 0.400. The van der Waals surface area contributed by atoms with Crippen molar-refractivity contribution in [2.75, 3.05) is 27.7 Å². The Morgan fingerprint density at radius 2 is 0.885 bits per heavy atom. The first-order valence-corrected chi connectivity index (χ1v) is 11.4. The Morgan fingerprint density at radius 3 is 1.15 bits per heavy atom. The summed E-state index contributed by atoms with van der Waals surface area (Å²) in [4.78, 5) is 0. The summed E-state index contributed by atoms with van der Waals surface area (Å²) >= 11 is 0. The van der Waals surface area contributed by atoms with Gasteiger partial charge in [0.1, 0.15) is 6.04 Å². The van der Waals surface area contributed by atoms with Crippen molar-refractivity contribution in [3.63, 3.8) is 0 Å². The number of unbranched alkanes of at least 4 members (excludes halogenated alkanes) is 15. The van der Waals surface area contributed by atoms with Crippen LogP contribution in [0.5, 0.6) is 0 Å². The zero-order chi connectivity index (χ0) is 18.8. The normalized spacial score (nSPS) is 12.8. The summed E-state index contributed by atoms with van der Waals surface area (Å²) < 4.78 is 0.884. The van der Waals surface area contributed by atoms with E-state index >= 15 is 0 Å². The molecule has 0 saturated carbocycles. The summed E-state index contributed by atoms with van der Waals surface area (Å²) in [6, 6.07) is 0.409. The fourth-order valence-corrected chi connectivity index (χ4v) is 3.65. The molecule has 0 heterocycles. The summed E-state index contributed by atoms with van der Waals surface area (Å²) in [5, 5.41) is 9.47. The molecular weight excluding hydrogens is 386 g/mol. The molecule has 0 aliphatic carbocycles. The summed E-state index contributed by atoms with van der Waals surface area (Å²) in [5.41, 5.74) is 0. The summed E-state index contributed by atoms with van der Waals surface area (Å²) in [7, 11) is 6.56. The van der Waals surface area contributed by atoms with Crippen molar-refractivity contribution in [1.82, 2.24) is 0 Å². The van der Waals surface area contributed by atoms with Gasteiger partial charge in [-0.15, -0.1) is 0 Å². The van der Waals surface area contributed by atoms with Crippen LogP contribution >= 0.6 is 0 Å². The molecule has 0 rings (SSSR count). The third-order valence-corrected chi connectivity index (χ3v) is 5.70. The summed E-state index contributed by atoms with van der Waals surface area (Å²) in [5.74, 6) is 0. The first kappa shape index (κ1) is 28.6. The first-order chi connectivity index (χ1) is 12.0. The summed E-state index contributed by atoms with van der Waals surface area (Å²) in [6.07, 6.45) is 23.9. The van der Waals surface area contributed by atoms with E-state index in [2.05, 4.69) is 28.1 Å². The molecule has 2 nitrogen and oxygen atoms in total. The third-order valence-electron chi connectivity index (χ3n) is 5.70. The predicted octanol–water partition coefficient (Wildman–Crippen LogP) is 3.71. The Labute approximate surface area is 176 Å². The molecule has 0 aromatic heterocycles. The lowest BCUT2D eigenvalue weighted by atomic mass is 10.0. The van der Waals surface area contributed by atoms with Gasteiger partial charge in [-0.2, -0.15) is 0 Å². The lowest BCUT2D eigenvalue weighted by Crippen LogP contribution is -3.00. The molecule has 0 aliphatic rings. The number of quaternary nitrogens is 1. The van der Waals surface area contributed by atoms with Crippen molar-refractivity contribution < 1.29 is 26.6 Å². The molecule has 0 saturated heterocycles. The second kappa shape index (κ2) is 20.1. The van der Waals surface area contributed by atoms with E-state index in [1.165, 1.54) is 109 Å². The first-order valence-electron chi connectivity index (χ1n) is 11.4. The minimum Gasteiger partial charge on any atom is -1.00 e. The summed E-state index contributed by atoms with van der Waals surface area (Å²) in [6.45, 7) is 2.61. The molecule has 160 valence electrons.